The molecule has 0 saturated carbocycles. The summed E-state index contributed by atoms with van der Waals surface area (Å²) < 4.78 is 0. The number of benzene rings is 1. The predicted molar refractivity (Wildman–Crippen MR) is 84.4 cm³/mol. The normalized spacial score (nSPS) is 14.8. The van der Waals surface area contributed by atoms with Crippen LogP contribution in [-0.2, 0) is 6.42 Å². The molecule has 0 fully saturated rings. The molecule has 0 spiro atoms. The first-order valence-electron chi connectivity index (χ1n) is 7.06. The number of thioether (sulfide) groups is 1. The van der Waals surface area contributed by atoms with Crippen molar-refractivity contribution in [1.82, 2.24) is 5.32 Å². The van der Waals surface area contributed by atoms with Gasteiger partial charge < -0.3 is 5.32 Å². The van der Waals surface area contributed by atoms with Crippen molar-refractivity contribution in [2.75, 3.05) is 6.54 Å². The van der Waals surface area contributed by atoms with E-state index in [0.29, 0.717) is 16.5 Å². The summed E-state index contributed by atoms with van der Waals surface area (Å²) in [7, 11) is 0. The molecule has 0 amide bonds. The van der Waals surface area contributed by atoms with Crippen LogP contribution in [0.2, 0.25) is 0 Å². The summed E-state index contributed by atoms with van der Waals surface area (Å²) in [4.78, 5) is 0. The lowest BCUT2D eigenvalue weighted by Gasteiger charge is -2.26. The molecule has 1 rings (SSSR count). The van der Waals surface area contributed by atoms with Gasteiger partial charge in [0.2, 0.25) is 0 Å². The van der Waals surface area contributed by atoms with Crippen LogP contribution >= 0.6 is 11.8 Å². The van der Waals surface area contributed by atoms with Gasteiger partial charge in [-0.15, -0.1) is 0 Å². The third kappa shape index (κ3) is 4.66. The molecule has 0 aliphatic carbocycles. The van der Waals surface area contributed by atoms with E-state index >= 15 is 0 Å². The average molecular weight is 265 g/mol. The van der Waals surface area contributed by atoms with Crippen molar-refractivity contribution in [2.45, 2.75) is 57.6 Å². The van der Waals surface area contributed by atoms with E-state index in [-0.39, 0.29) is 0 Å². The van der Waals surface area contributed by atoms with Crippen molar-refractivity contribution in [3.05, 3.63) is 35.4 Å². The van der Waals surface area contributed by atoms with Gasteiger partial charge in [-0.05, 0) is 29.3 Å². The van der Waals surface area contributed by atoms with Crippen LogP contribution in [0.1, 0.15) is 51.8 Å². The average Bonchev–Trinajstić information content (AvgIpc) is 2.35. The quantitative estimate of drug-likeness (QED) is 0.782. The first kappa shape index (κ1) is 15.6. The van der Waals surface area contributed by atoms with Crippen LogP contribution in [0.25, 0.3) is 0 Å². The Hall–Kier alpha value is -0.470. The molecular formula is C16H27NS. The minimum absolute atomic E-state index is 0.452. The molecule has 2 heteroatoms. The van der Waals surface area contributed by atoms with Crippen LogP contribution in [0, 0.1) is 0 Å². The molecule has 102 valence electrons. The first-order valence-corrected chi connectivity index (χ1v) is 8.00. The van der Waals surface area contributed by atoms with Crippen LogP contribution in [0.4, 0.5) is 0 Å². The minimum Gasteiger partial charge on any atom is -0.309 e. The third-order valence-electron chi connectivity index (χ3n) is 3.13. The Balaban J connectivity index is 2.81. The zero-order valence-electron chi connectivity index (χ0n) is 12.4. The summed E-state index contributed by atoms with van der Waals surface area (Å²) in [6.07, 6.45) is 1.11. The maximum Gasteiger partial charge on any atom is 0.0437 e. The SMILES string of the molecule is CCNC(c1ccc(CC)cc1)C(C)SC(C)C. The van der Waals surface area contributed by atoms with Crippen LogP contribution in [0.5, 0.6) is 0 Å². The van der Waals surface area contributed by atoms with Gasteiger partial charge in [-0.2, -0.15) is 11.8 Å². The fraction of sp³-hybridized carbons (Fsp3) is 0.625. The van der Waals surface area contributed by atoms with Crippen molar-refractivity contribution < 1.29 is 0 Å². The molecule has 0 heterocycles. The van der Waals surface area contributed by atoms with E-state index in [1.54, 1.807) is 0 Å². The summed E-state index contributed by atoms with van der Waals surface area (Å²) >= 11 is 2.04. The summed E-state index contributed by atoms with van der Waals surface area (Å²) in [5, 5.41) is 4.89. The molecule has 1 nitrogen and oxygen atoms in total. The van der Waals surface area contributed by atoms with Gasteiger partial charge >= 0.3 is 0 Å². The van der Waals surface area contributed by atoms with E-state index in [4.69, 9.17) is 0 Å². The van der Waals surface area contributed by atoms with E-state index < -0.39 is 0 Å². The van der Waals surface area contributed by atoms with E-state index in [2.05, 4.69) is 64.2 Å². The van der Waals surface area contributed by atoms with Crippen molar-refractivity contribution in [3.63, 3.8) is 0 Å². The number of nitrogens with one attached hydrogen (secondary N) is 1. The maximum absolute atomic E-state index is 3.62. The van der Waals surface area contributed by atoms with Crippen molar-refractivity contribution >= 4 is 11.8 Å². The molecule has 18 heavy (non-hydrogen) atoms. The van der Waals surface area contributed by atoms with Crippen molar-refractivity contribution in [1.29, 1.82) is 0 Å². The van der Waals surface area contributed by atoms with Gasteiger partial charge in [-0.3, -0.25) is 0 Å². The van der Waals surface area contributed by atoms with Gasteiger partial charge in [0.15, 0.2) is 0 Å². The highest BCUT2D eigenvalue weighted by Gasteiger charge is 2.19. The van der Waals surface area contributed by atoms with Crippen LogP contribution in [0.15, 0.2) is 24.3 Å². The zero-order valence-corrected chi connectivity index (χ0v) is 13.2. The lowest BCUT2D eigenvalue weighted by molar-refractivity contribution is 0.547. The Labute approximate surface area is 117 Å². The van der Waals surface area contributed by atoms with Gasteiger partial charge in [-0.1, -0.05) is 58.9 Å². The number of hydrogen-bond acceptors (Lipinski definition) is 2. The predicted octanol–water partition coefficient (Wildman–Crippen LogP) is 4.43. The van der Waals surface area contributed by atoms with Gasteiger partial charge in [0.25, 0.3) is 0 Å². The zero-order chi connectivity index (χ0) is 13.5. The Morgan fingerprint density at radius 2 is 1.67 bits per heavy atom. The minimum atomic E-state index is 0.452. The van der Waals surface area contributed by atoms with Crippen molar-refractivity contribution in [2.24, 2.45) is 0 Å². The molecule has 0 aromatic heterocycles. The molecule has 1 N–H and O–H groups in total. The van der Waals surface area contributed by atoms with Gasteiger partial charge in [0, 0.05) is 11.3 Å². The van der Waals surface area contributed by atoms with Crippen LogP contribution < -0.4 is 5.32 Å². The summed E-state index contributed by atoms with van der Waals surface area (Å²) in [5.41, 5.74) is 2.83. The van der Waals surface area contributed by atoms with E-state index in [1.165, 1.54) is 11.1 Å². The molecule has 1 aromatic carbocycles. The highest BCUT2D eigenvalue weighted by Crippen LogP contribution is 2.29. The monoisotopic (exact) mass is 265 g/mol. The molecule has 0 radical (unpaired) electrons. The van der Waals surface area contributed by atoms with E-state index in [0.717, 1.165) is 13.0 Å². The lowest BCUT2D eigenvalue weighted by atomic mass is 10.0. The van der Waals surface area contributed by atoms with Gasteiger partial charge in [0.1, 0.15) is 0 Å². The summed E-state index contributed by atoms with van der Waals surface area (Å²) in [5.74, 6) is 0. The largest absolute Gasteiger partial charge is 0.309 e. The third-order valence-corrected chi connectivity index (χ3v) is 4.37. The Bertz CT molecular complexity index is 331. The highest BCUT2D eigenvalue weighted by atomic mass is 32.2. The first-order chi connectivity index (χ1) is 8.58. The van der Waals surface area contributed by atoms with Crippen LogP contribution in [0.3, 0.4) is 0 Å². The topological polar surface area (TPSA) is 12.0 Å². The Morgan fingerprint density at radius 1 is 1.06 bits per heavy atom. The van der Waals surface area contributed by atoms with Crippen molar-refractivity contribution in [3.8, 4) is 0 Å². The number of rotatable bonds is 7. The molecule has 1 aromatic rings. The van der Waals surface area contributed by atoms with E-state index in [9.17, 15) is 0 Å². The number of hydrogen-bond donors (Lipinski definition) is 1. The maximum atomic E-state index is 3.62. The molecule has 2 unspecified atom stereocenters. The summed E-state index contributed by atoms with van der Waals surface area (Å²) in [6, 6.07) is 9.53. The van der Waals surface area contributed by atoms with Gasteiger partial charge in [-0.25, -0.2) is 0 Å². The lowest BCUT2D eigenvalue weighted by Crippen LogP contribution is -2.29. The second kappa shape index (κ2) is 7.85. The van der Waals surface area contributed by atoms with Gasteiger partial charge in [0.05, 0.1) is 0 Å². The smallest absolute Gasteiger partial charge is 0.0437 e. The highest BCUT2D eigenvalue weighted by molar-refractivity contribution is 8.00. The molecular weight excluding hydrogens is 238 g/mol. The number of aryl methyl sites for hydroxylation is 1. The molecule has 0 saturated heterocycles. The Morgan fingerprint density at radius 3 is 2.11 bits per heavy atom. The fourth-order valence-corrected chi connectivity index (χ4v) is 3.51. The van der Waals surface area contributed by atoms with Crippen LogP contribution in [-0.4, -0.2) is 17.0 Å². The van der Waals surface area contributed by atoms with E-state index in [1.807, 2.05) is 11.8 Å². The second-order valence-electron chi connectivity index (χ2n) is 5.02. The fourth-order valence-electron chi connectivity index (χ4n) is 2.24. The molecule has 0 aliphatic rings. The molecule has 2 atom stereocenters. The standard InChI is InChI=1S/C16H27NS/c1-6-14-8-10-15(11-9-14)16(17-7-2)13(5)18-12(3)4/h8-13,16-17H,6-7H2,1-5H3. The molecule has 0 bridgehead atoms. The molecule has 0 aliphatic heterocycles. The Kier molecular flexibility index (Phi) is 6.80. The second-order valence-corrected chi connectivity index (χ2v) is 6.98. The summed E-state index contributed by atoms with van der Waals surface area (Å²) in [6.45, 7) is 12.3.